The van der Waals surface area contributed by atoms with Gasteiger partial charge in [-0.3, -0.25) is 5.32 Å². The zero-order chi connectivity index (χ0) is 13.3. The molecule has 0 spiro atoms. The van der Waals surface area contributed by atoms with Gasteiger partial charge in [-0.15, -0.1) is 0 Å². The van der Waals surface area contributed by atoms with Gasteiger partial charge in [0.1, 0.15) is 11.7 Å². The van der Waals surface area contributed by atoms with E-state index in [4.69, 9.17) is 21.1 Å². The van der Waals surface area contributed by atoms with Crippen LogP contribution in [0.4, 0.5) is 10.5 Å². The van der Waals surface area contributed by atoms with E-state index in [2.05, 4.69) is 5.32 Å². The fourth-order valence-corrected chi connectivity index (χ4v) is 1.76. The second-order valence-electron chi connectivity index (χ2n) is 5.19. The van der Waals surface area contributed by atoms with E-state index in [0.717, 1.165) is 5.56 Å². The molecule has 1 aromatic rings. The lowest BCUT2D eigenvalue weighted by Gasteiger charge is -2.19. The van der Waals surface area contributed by atoms with Gasteiger partial charge >= 0.3 is 6.09 Å². The Balaban J connectivity index is 2.05. The van der Waals surface area contributed by atoms with Crippen LogP contribution >= 0.6 is 11.6 Å². The Hall–Kier alpha value is -1.26. The molecular formula is C13H16ClNO3. The highest BCUT2D eigenvalue weighted by Gasteiger charge is 2.27. The third-order valence-corrected chi connectivity index (χ3v) is 2.67. The van der Waals surface area contributed by atoms with Crippen molar-refractivity contribution in [1.29, 1.82) is 0 Å². The van der Waals surface area contributed by atoms with Gasteiger partial charge in [-0.2, -0.15) is 0 Å². The average Bonchev–Trinajstić information content (AvgIpc) is 3.01. The normalized spacial score (nSPS) is 18.3. The number of anilines is 1. The first-order valence-corrected chi connectivity index (χ1v) is 6.14. The lowest BCUT2D eigenvalue weighted by Crippen LogP contribution is -2.27. The minimum absolute atomic E-state index is 0.0536. The van der Waals surface area contributed by atoms with Crippen LogP contribution in [0.25, 0.3) is 0 Å². The Bertz CT molecular complexity index is 464. The quantitative estimate of drug-likeness (QED) is 0.832. The summed E-state index contributed by atoms with van der Waals surface area (Å²) in [5.74, 6) is 0. The van der Waals surface area contributed by atoms with Crippen LogP contribution < -0.4 is 5.32 Å². The molecule has 98 valence electrons. The van der Waals surface area contributed by atoms with Crippen LogP contribution in [-0.2, 0) is 9.47 Å². The first kappa shape index (κ1) is 13.2. The van der Waals surface area contributed by atoms with Crippen molar-refractivity contribution in [3.05, 3.63) is 28.8 Å². The molecule has 1 atom stereocenters. The van der Waals surface area contributed by atoms with Crippen LogP contribution in [0.1, 0.15) is 32.4 Å². The molecule has 1 fully saturated rings. The minimum atomic E-state index is -0.515. The topological polar surface area (TPSA) is 50.9 Å². The Labute approximate surface area is 111 Å². The van der Waals surface area contributed by atoms with Crippen LogP contribution in [0.2, 0.25) is 5.02 Å². The maximum atomic E-state index is 11.6. The average molecular weight is 270 g/mol. The minimum Gasteiger partial charge on any atom is -0.444 e. The van der Waals surface area contributed by atoms with Crippen molar-refractivity contribution >= 4 is 23.4 Å². The molecule has 2 rings (SSSR count). The van der Waals surface area contributed by atoms with Gasteiger partial charge in [-0.1, -0.05) is 11.6 Å². The summed E-state index contributed by atoms with van der Waals surface area (Å²) in [7, 11) is 0. The van der Waals surface area contributed by atoms with E-state index < -0.39 is 11.7 Å². The number of hydrogen-bond donors (Lipinski definition) is 1. The maximum absolute atomic E-state index is 11.6. The number of nitrogens with one attached hydrogen (secondary N) is 1. The van der Waals surface area contributed by atoms with E-state index in [1.807, 2.05) is 26.8 Å². The van der Waals surface area contributed by atoms with E-state index in [9.17, 15) is 4.79 Å². The van der Waals surface area contributed by atoms with Crippen LogP contribution in [0, 0.1) is 0 Å². The third-order valence-electron chi connectivity index (χ3n) is 2.32. The fraction of sp³-hybridized carbons (Fsp3) is 0.462. The van der Waals surface area contributed by atoms with Crippen molar-refractivity contribution in [2.45, 2.75) is 32.5 Å². The van der Waals surface area contributed by atoms with Crippen molar-refractivity contribution < 1.29 is 14.3 Å². The largest absolute Gasteiger partial charge is 0.444 e. The van der Waals surface area contributed by atoms with Crippen LogP contribution in [0.5, 0.6) is 0 Å². The van der Waals surface area contributed by atoms with E-state index >= 15 is 0 Å². The van der Waals surface area contributed by atoms with Gasteiger partial charge in [0.05, 0.1) is 6.61 Å². The predicted molar refractivity (Wildman–Crippen MR) is 70.0 cm³/mol. The molecule has 1 heterocycles. The Morgan fingerprint density at radius 2 is 2.17 bits per heavy atom. The van der Waals surface area contributed by atoms with E-state index in [1.165, 1.54) is 0 Å². The van der Waals surface area contributed by atoms with Crippen LogP contribution in [0.15, 0.2) is 18.2 Å². The lowest BCUT2D eigenvalue weighted by molar-refractivity contribution is 0.0636. The van der Waals surface area contributed by atoms with Crippen LogP contribution in [-0.4, -0.2) is 18.3 Å². The standard InChI is InChI=1S/C13H16ClNO3/c1-13(2,3)18-12(16)15-8-4-5-10(14)9(6-8)11-7-17-11/h4-6,11H,7H2,1-3H3,(H,15,16)/t11-/m1/s1. The number of carbonyl (C=O) groups is 1. The van der Waals surface area contributed by atoms with Gasteiger partial charge in [0.25, 0.3) is 0 Å². The molecule has 5 heteroatoms. The molecule has 1 aliphatic heterocycles. The lowest BCUT2D eigenvalue weighted by atomic mass is 10.1. The number of benzene rings is 1. The first-order chi connectivity index (χ1) is 8.35. The van der Waals surface area contributed by atoms with Gasteiger partial charge in [0.2, 0.25) is 0 Å². The molecule has 18 heavy (non-hydrogen) atoms. The van der Waals surface area contributed by atoms with Crippen molar-refractivity contribution in [1.82, 2.24) is 0 Å². The van der Waals surface area contributed by atoms with Gasteiger partial charge in [-0.25, -0.2) is 4.79 Å². The van der Waals surface area contributed by atoms with Crippen molar-refractivity contribution in [3.63, 3.8) is 0 Å². The number of amides is 1. The Morgan fingerprint density at radius 3 is 2.72 bits per heavy atom. The fourth-order valence-electron chi connectivity index (χ4n) is 1.52. The second-order valence-corrected chi connectivity index (χ2v) is 5.59. The summed E-state index contributed by atoms with van der Waals surface area (Å²) < 4.78 is 10.4. The molecular weight excluding hydrogens is 254 g/mol. The Morgan fingerprint density at radius 1 is 1.50 bits per heavy atom. The van der Waals surface area contributed by atoms with E-state index in [-0.39, 0.29) is 6.10 Å². The number of hydrogen-bond acceptors (Lipinski definition) is 3. The van der Waals surface area contributed by atoms with E-state index in [1.54, 1.807) is 12.1 Å². The maximum Gasteiger partial charge on any atom is 0.412 e. The first-order valence-electron chi connectivity index (χ1n) is 5.76. The smallest absolute Gasteiger partial charge is 0.412 e. The summed E-state index contributed by atoms with van der Waals surface area (Å²) in [6, 6.07) is 5.29. The third kappa shape index (κ3) is 3.62. The summed E-state index contributed by atoms with van der Waals surface area (Å²) in [6.07, 6.45) is -0.426. The number of epoxide rings is 1. The number of rotatable bonds is 2. The Kier molecular flexibility index (Phi) is 3.50. The SMILES string of the molecule is CC(C)(C)OC(=O)Nc1ccc(Cl)c([C@H]2CO2)c1. The zero-order valence-corrected chi connectivity index (χ0v) is 11.4. The van der Waals surface area contributed by atoms with Crippen molar-refractivity contribution in [2.24, 2.45) is 0 Å². The number of carbonyl (C=O) groups excluding carboxylic acids is 1. The number of ether oxygens (including phenoxy) is 2. The van der Waals surface area contributed by atoms with Crippen molar-refractivity contribution in [3.8, 4) is 0 Å². The molecule has 0 saturated carbocycles. The predicted octanol–water partition coefficient (Wildman–Crippen LogP) is 3.76. The molecule has 0 aromatic heterocycles. The van der Waals surface area contributed by atoms with Gasteiger partial charge in [0, 0.05) is 16.3 Å². The molecule has 0 aliphatic carbocycles. The zero-order valence-electron chi connectivity index (χ0n) is 10.6. The second kappa shape index (κ2) is 4.78. The monoisotopic (exact) mass is 269 g/mol. The molecule has 1 aromatic carbocycles. The molecule has 0 radical (unpaired) electrons. The molecule has 1 saturated heterocycles. The summed E-state index contributed by atoms with van der Waals surface area (Å²) in [5.41, 5.74) is 1.03. The van der Waals surface area contributed by atoms with E-state index in [0.29, 0.717) is 17.3 Å². The van der Waals surface area contributed by atoms with Gasteiger partial charge < -0.3 is 9.47 Å². The summed E-state index contributed by atoms with van der Waals surface area (Å²) in [5, 5.41) is 3.32. The van der Waals surface area contributed by atoms with Gasteiger partial charge in [0.15, 0.2) is 0 Å². The molecule has 0 unspecified atom stereocenters. The molecule has 1 amide bonds. The summed E-state index contributed by atoms with van der Waals surface area (Å²) in [4.78, 5) is 11.6. The van der Waals surface area contributed by atoms with Gasteiger partial charge in [-0.05, 0) is 39.0 Å². The summed E-state index contributed by atoms with van der Waals surface area (Å²) in [6.45, 7) is 6.13. The highest BCUT2D eigenvalue weighted by molar-refractivity contribution is 6.31. The number of halogens is 1. The summed E-state index contributed by atoms with van der Waals surface area (Å²) >= 11 is 6.05. The van der Waals surface area contributed by atoms with Crippen LogP contribution in [0.3, 0.4) is 0 Å². The highest BCUT2D eigenvalue weighted by atomic mass is 35.5. The molecule has 1 N–H and O–H groups in total. The highest BCUT2D eigenvalue weighted by Crippen LogP contribution is 2.36. The van der Waals surface area contributed by atoms with Crippen molar-refractivity contribution in [2.75, 3.05) is 11.9 Å². The molecule has 0 bridgehead atoms. The molecule has 1 aliphatic rings. The molecule has 4 nitrogen and oxygen atoms in total.